The first-order valence-corrected chi connectivity index (χ1v) is 10.4. The Hall–Kier alpha value is -0.301. The maximum atomic E-state index is 5.76. The summed E-state index contributed by atoms with van der Waals surface area (Å²) in [5.41, 5.74) is 1.98. The van der Waals surface area contributed by atoms with Gasteiger partial charge in [-0.15, -0.1) is 0 Å². The molecule has 0 saturated heterocycles. The fraction of sp³-hybridized carbons (Fsp3) is 0.684. The van der Waals surface area contributed by atoms with Gasteiger partial charge in [-0.2, -0.15) is 0 Å². The number of hydrogen-bond acceptors (Lipinski definition) is 1. The van der Waals surface area contributed by atoms with E-state index in [-0.39, 0.29) is 0 Å². The van der Waals surface area contributed by atoms with E-state index in [0.717, 1.165) is 22.6 Å². The quantitative estimate of drug-likeness (QED) is 0.679. The van der Waals surface area contributed by atoms with Gasteiger partial charge < -0.3 is 0 Å². The molecule has 1 nitrogen and oxygen atoms in total. The van der Waals surface area contributed by atoms with Crippen LogP contribution in [0, 0.1) is 23.2 Å². The van der Waals surface area contributed by atoms with Gasteiger partial charge in [-0.25, -0.2) is 0 Å². The normalized spacial score (nSPS) is 35.0. The van der Waals surface area contributed by atoms with Crippen LogP contribution < -0.4 is 0 Å². The van der Waals surface area contributed by atoms with Crippen LogP contribution in [0.25, 0.3) is 0 Å². The number of methoxy groups -OCH3 is 1. The molecule has 0 spiro atoms. The summed E-state index contributed by atoms with van der Waals surface area (Å²) < 4.78 is 5.76. The average Bonchev–Trinajstić information content (AvgIpc) is 3.01. The Morgan fingerprint density at radius 3 is 2.52 bits per heavy atom. The van der Waals surface area contributed by atoms with Crippen molar-refractivity contribution in [3.05, 3.63) is 35.9 Å². The van der Waals surface area contributed by atoms with E-state index in [0.29, 0.717) is 26.5 Å². The molecule has 5 atom stereocenters. The molecule has 0 N–H and O–H groups in total. The SMILES string of the molecule is COC(C[Se][C@H]1C[C@@H]2[C@H](C[C@H]1C)C2(C)C)c1ccccc1. The Morgan fingerprint density at radius 2 is 1.86 bits per heavy atom. The van der Waals surface area contributed by atoms with E-state index in [4.69, 9.17) is 4.74 Å². The summed E-state index contributed by atoms with van der Waals surface area (Å²) in [6.45, 7) is 7.44. The third-order valence-corrected chi connectivity index (χ3v) is 9.27. The first-order chi connectivity index (χ1) is 10.0. The fourth-order valence-corrected chi connectivity index (χ4v) is 7.46. The Morgan fingerprint density at radius 1 is 1.19 bits per heavy atom. The second-order valence-electron chi connectivity index (χ2n) is 7.49. The van der Waals surface area contributed by atoms with Gasteiger partial charge in [0, 0.05) is 0 Å². The minimum atomic E-state index is 0.295. The molecule has 2 aliphatic rings. The van der Waals surface area contributed by atoms with Crippen molar-refractivity contribution in [3.8, 4) is 0 Å². The molecule has 116 valence electrons. The van der Waals surface area contributed by atoms with Crippen molar-refractivity contribution >= 4 is 15.0 Å². The molecular weight excluding hydrogens is 323 g/mol. The second kappa shape index (κ2) is 6.07. The molecule has 1 aromatic rings. The van der Waals surface area contributed by atoms with Crippen LogP contribution in [0.1, 0.15) is 45.3 Å². The predicted octanol–water partition coefficient (Wildman–Crippen LogP) is 4.99. The number of benzene rings is 1. The number of rotatable bonds is 5. The summed E-state index contributed by atoms with van der Waals surface area (Å²) in [5, 5.41) is 1.22. The summed E-state index contributed by atoms with van der Waals surface area (Å²) >= 11 is 0.694. The van der Waals surface area contributed by atoms with E-state index in [9.17, 15) is 0 Å². The van der Waals surface area contributed by atoms with E-state index in [1.807, 2.05) is 7.11 Å². The van der Waals surface area contributed by atoms with E-state index >= 15 is 0 Å². The van der Waals surface area contributed by atoms with Crippen molar-refractivity contribution in [1.82, 2.24) is 0 Å². The third kappa shape index (κ3) is 3.09. The van der Waals surface area contributed by atoms with Crippen molar-refractivity contribution in [1.29, 1.82) is 0 Å². The molecule has 21 heavy (non-hydrogen) atoms. The van der Waals surface area contributed by atoms with Gasteiger partial charge in [-0.05, 0) is 0 Å². The molecule has 2 saturated carbocycles. The van der Waals surface area contributed by atoms with Crippen molar-refractivity contribution < 1.29 is 4.74 Å². The van der Waals surface area contributed by atoms with Gasteiger partial charge in [0.15, 0.2) is 0 Å². The molecule has 0 amide bonds. The van der Waals surface area contributed by atoms with E-state index in [1.165, 1.54) is 23.7 Å². The number of hydrogen-bond donors (Lipinski definition) is 0. The Balaban J connectivity index is 1.57. The number of ether oxygens (including phenoxy) is 1. The van der Waals surface area contributed by atoms with E-state index < -0.39 is 0 Å². The van der Waals surface area contributed by atoms with Crippen LogP contribution in [-0.4, -0.2) is 22.1 Å². The molecule has 0 radical (unpaired) electrons. The second-order valence-corrected chi connectivity index (χ2v) is 10.2. The molecule has 0 heterocycles. The molecule has 3 rings (SSSR count). The van der Waals surface area contributed by atoms with Gasteiger partial charge in [-0.3, -0.25) is 0 Å². The molecule has 2 aliphatic carbocycles. The van der Waals surface area contributed by atoms with Crippen LogP contribution in [-0.2, 0) is 4.74 Å². The summed E-state index contributed by atoms with van der Waals surface area (Å²) in [6, 6.07) is 10.7. The minimum absolute atomic E-state index is 0.295. The zero-order valence-electron chi connectivity index (χ0n) is 13.7. The van der Waals surface area contributed by atoms with Gasteiger partial charge in [0.05, 0.1) is 0 Å². The Labute approximate surface area is 136 Å². The number of fused-ring (bicyclic) bond motifs is 1. The molecule has 1 unspecified atom stereocenters. The van der Waals surface area contributed by atoms with Crippen LogP contribution in [0.15, 0.2) is 30.3 Å². The van der Waals surface area contributed by atoms with E-state index in [2.05, 4.69) is 51.1 Å². The van der Waals surface area contributed by atoms with Crippen molar-refractivity contribution in [2.75, 3.05) is 7.11 Å². The molecule has 2 fully saturated rings. The van der Waals surface area contributed by atoms with Crippen molar-refractivity contribution in [3.63, 3.8) is 0 Å². The molecule has 2 heteroatoms. The van der Waals surface area contributed by atoms with Crippen LogP contribution in [0.2, 0.25) is 10.1 Å². The standard InChI is InChI=1S/C19H28OSe/c1-13-10-15-16(19(15,2)3)11-18(13)21-12-17(20-4)14-8-6-5-7-9-14/h5-9,13,15-18H,10-12H2,1-4H3/t13-,15+,16-,17?,18+/m1/s1. The van der Waals surface area contributed by atoms with Gasteiger partial charge >= 0.3 is 136 Å². The van der Waals surface area contributed by atoms with Crippen LogP contribution in [0.3, 0.4) is 0 Å². The van der Waals surface area contributed by atoms with Crippen LogP contribution >= 0.6 is 0 Å². The van der Waals surface area contributed by atoms with Crippen molar-refractivity contribution in [2.24, 2.45) is 23.2 Å². The summed E-state index contributed by atoms with van der Waals surface area (Å²) in [6.07, 6.45) is 3.24. The summed E-state index contributed by atoms with van der Waals surface area (Å²) in [4.78, 5) is 0.960. The average molecular weight is 351 g/mol. The molecule has 0 aromatic heterocycles. The zero-order valence-corrected chi connectivity index (χ0v) is 15.4. The van der Waals surface area contributed by atoms with Gasteiger partial charge in [0.25, 0.3) is 0 Å². The Bertz CT molecular complexity index is 470. The molecule has 1 aromatic carbocycles. The predicted molar refractivity (Wildman–Crippen MR) is 89.7 cm³/mol. The van der Waals surface area contributed by atoms with Crippen LogP contribution in [0.4, 0.5) is 0 Å². The summed E-state index contributed by atoms with van der Waals surface area (Å²) in [7, 11) is 1.86. The van der Waals surface area contributed by atoms with E-state index in [1.54, 1.807) is 0 Å². The van der Waals surface area contributed by atoms with Gasteiger partial charge in [0.2, 0.25) is 0 Å². The van der Waals surface area contributed by atoms with Gasteiger partial charge in [-0.1, -0.05) is 0 Å². The molecular formula is C19H28OSe. The van der Waals surface area contributed by atoms with Gasteiger partial charge in [0.1, 0.15) is 0 Å². The third-order valence-electron chi connectivity index (χ3n) is 5.95. The molecule has 0 aliphatic heterocycles. The van der Waals surface area contributed by atoms with Crippen LogP contribution in [0.5, 0.6) is 0 Å². The van der Waals surface area contributed by atoms with Crippen molar-refractivity contribution in [2.45, 2.75) is 49.9 Å². The first kappa shape index (κ1) is 15.6. The zero-order chi connectivity index (χ0) is 15.0. The Kier molecular flexibility index (Phi) is 4.50. The fourth-order valence-electron chi connectivity index (χ4n) is 4.24. The molecule has 0 bridgehead atoms. The first-order valence-electron chi connectivity index (χ1n) is 8.23. The topological polar surface area (TPSA) is 9.23 Å². The maximum absolute atomic E-state index is 5.76. The summed E-state index contributed by atoms with van der Waals surface area (Å²) in [5.74, 6) is 2.95. The monoisotopic (exact) mass is 352 g/mol.